The molecule has 2 heteroatoms. The minimum atomic E-state index is 0.334. The molecular weight excluding hydrogens is 186 g/mol. The zero-order valence-electron chi connectivity index (χ0n) is 11.4. The van der Waals surface area contributed by atoms with Crippen LogP contribution in [-0.2, 0) is 4.74 Å². The molecule has 0 aromatic rings. The van der Waals surface area contributed by atoms with Crippen molar-refractivity contribution in [1.82, 2.24) is 4.90 Å². The lowest BCUT2D eigenvalue weighted by atomic mass is 9.63. The lowest BCUT2D eigenvalue weighted by molar-refractivity contribution is -0.0824. The van der Waals surface area contributed by atoms with Crippen molar-refractivity contribution in [3.63, 3.8) is 0 Å². The molecule has 0 amide bonds. The number of hydrogen-bond donors (Lipinski definition) is 0. The van der Waals surface area contributed by atoms with Crippen molar-refractivity contribution in [3.8, 4) is 0 Å². The van der Waals surface area contributed by atoms with Crippen LogP contribution >= 0.6 is 0 Å². The van der Waals surface area contributed by atoms with Gasteiger partial charge in [0.05, 0.1) is 6.61 Å². The van der Waals surface area contributed by atoms with Gasteiger partial charge in [-0.25, -0.2) is 0 Å². The number of methoxy groups -OCH3 is 1. The predicted octanol–water partition coefficient (Wildman–Crippen LogP) is 2.78. The summed E-state index contributed by atoms with van der Waals surface area (Å²) in [5.41, 5.74) is 0.725. The summed E-state index contributed by atoms with van der Waals surface area (Å²) in [5, 5.41) is 0. The van der Waals surface area contributed by atoms with E-state index in [9.17, 15) is 0 Å². The summed E-state index contributed by atoms with van der Waals surface area (Å²) in [7, 11) is 4.03. The van der Waals surface area contributed by atoms with Gasteiger partial charge in [-0.15, -0.1) is 0 Å². The minimum Gasteiger partial charge on any atom is -0.383 e. The third-order valence-electron chi connectivity index (χ3n) is 4.37. The highest BCUT2D eigenvalue weighted by molar-refractivity contribution is 5.00. The molecule has 1 rings (SSSR count). The van der Waals surface area contributed by atoms with E-state index in [2.05, 4.69) is 46.6 Å². The van der Waals surface area contributed by atoms with E-state index in [1.807, 2.05) is 0 Å². The molecule has 1 aliphatic rings. The Bertz CT molecular complexity index is 223. The van der Waals surface area contributed by atoms with Crippen molar-refractivity contribution in [1.29, 1.82) is 0 Å². The Labute approximate surface area is 95.0 Å². The van der Waals surface area contributed by atoms with Crippen LogP contribution in [0.4, 0.5) is 0 Å². The van der Waals surface area contributed by atoms with E-state index >= 15 is 0 Å². The summed E-state index contributed by atoms with van der Waals surface area (Å²) in [5.74, 6) is 0. The van der Waals surface area contributed by atoms with Crippen molar-refractivity contribution in [2.45, 2.75) is 53.1 Å². The first-order chi connectivity index (χ1) is 6.72. The molecule has 0 aromatic heterocycles. The second kappa shape index (κ2) is 4.06. The number of nitrogens with zero attached hydrogens (tertiary/aromatic N) is 1. The van der Waals surface area contributed by atoms with Gasteiger partial charge in [-0.3, -0.25) is 4.90 Å². The lowest BCUT2D eigenvalue weighted by Gasteiger charge is -2.55. The highest BCUT2D eigenvalue weighted by atomic mass is 16.5. The fourth-order valence-corrected chi connectivity index (χ4v) is 3.31. The van der Waals surface area contributed by atoms with Crippen LogP contribution in [0, 0.1) is 10.8 Å². The Hall–Kier alpha value is -0.0800. The van der Waals surface area contributed by atoms with Gasteiger partial charge in [-0.1, -0.05) is 27.7 Å². The topological polar surface area (TPSA) is 12.5 Å². The van der Waals surface area contributed by atoms with Crippen LogP contribution in [0.25, 0.3) is 0 Å². The normalized spacial score (nSPS) is 35.4. The third-order valence-corrected chi connectivity index (χ3v) is 4.37. The molecule has 1 heterocycles. The Morgan fingerprint density at radius 2 is 1.73 bits per heavy atom. The monoisotopic (exact) mass is 213 g/mol. The van der Waals surface area contributed by atoms with Gasteiger partial charge in [-0.2, -0.15) is 0 Å². The maximum atomic E-state index is 5.36. The second-order valence-electron chi connectivity index (χ2n) is 6.47. The van der Waals surface area contributed by atoms with Gasteiger partial charge < -0.3 is 4.74 Å². The van der Waals surface area contributed by atoms with Crippen LogP contribution in [0.1, 0.15) is 41.0 Å². The van der Waals surface area contributed by atoms with Crippen LogP contribution in [0.5, 0.6) is 0 Å². The van der Waals surface area contributed by atoms with Crippen LogP contribution in [0.15, 0.2) is 0 Å². The number of rotatable bonds is 2. The van der Waals surface area contributed by atoms with Crippen LogP contribution < -0.4 is 0 Å². The van der Waals surface area contributed by atoms with E-state index in [1.54, 1.807) is 7.11 Å². The predicted molar refractivity (Wildman–Crippen MR) is 65.1 cm³/mol. The van der Waals surface area contributed by atoms with Gasteiger partial charge in [0.25, 0.3) is 0 Å². The summed E-state index contributed by atoms with van der Waals surface area (Å²) in [4.78, 5) is 2.49. The fraction of sp³-hybridized carbons (Fsp3) is 1.00. The maximum absolute atomic E-state index is 5.36. The molecular formula is C13H27NO. The second-order valence-corrected chi connectivity index (χ2v) is 6.47. The molecule has 0 aliphatic carbocycles. The minimum absolute atomic E-state index is 0.334. The van der Waals surface area contributed by atoms with Gasteiger partial charge in [0, 0.05) is 19.2 Å². The molecule has 0 aromatic carbocycles. The summed E-state index contributed by atoms with van der Waals surface area (Å²) in [6.45, 7) is 12.6. The zero-order valence-corrected chi connectivity index (χ0v) is 11.4. The first-order valence-corrected chi connectivity index (χ1v) is 5.93. The number of ether oxygens (including phenoxy) is 1. The van der Waals surface area contributed by atoms with E-state index in [0.717, 1.165) is 6.61 Å². The summed E-state index contributed by atoms with van der Waals surface area (Å²) in [6, 6.07) is 1.15. The number of likely N-dealkylation sites (N-methyl/N-ethyl adjacent to an activating group) is 1. The third kappa shape index (κ3) is 2.36. The van der Waals surface area contributed by atoms with Crippen molar-refractivity contribution in [3.05, 3.63) is 0 Å². The Morgan fingerprint density at radius 1 is 1.20 bits per heavy atom. The van der Waals surface area contributed by atoms with Crippen molar-refractivity contribution in [2.75, 3.05) is 20.8 Å². The summed E-state index contributed by atoms with van der Waals surface area (Å²) >= 11 is 0. The fourth-order valence-electron chi connectivity index (χ4n) is 3.31. The number of piperidine rings is 1. The summed E-state index contributed by atoms with van der Waals surface area (Å²) in [6.07, 6.45) is 1.26. The summed E-state index contributed by atoms with van der Waals surface area (Å²) < 4.78 is 5.36. The molecule has 0 spiro atoms. The van der Waals surface area contributed by atoms with E-state index in [-0.39, 0.29) is 0 Å². The molecule has 1 fully saturated rings. The first kappa shape index (κ1) is 13.0. The highest BCUT2D eigenvalue weighted by Crippen LogP contribution is 2.46. The Kier molecular flexibility index (Phi) is 3.52. The standard InChI is InChI=1S/C13H27NO/c1-10-12(2,3)9-13(4,5)11(8-15-7)14(10)6/h10-11H,8-9H2,1-7H3. The Morgan fingerprint density at radius 3 is 2.20 bits per heavy atom. The van der Waals surface area contributed by atoms with Crippen LogP contribution in [0.2, 0.25) is 0 Å². The molecule has 0 bridgehead atoms. The van der Waals surface area contributed by atoms with E-state index in [0.29, 0.717) is 22.9 Å². The highest BCUT2D eigenvalue weighted by Gasteiger charge is 2.47. The molecule has 0 N–H and O–H groups in total. The molecule has 1 saturated heterocycles. The lowest BCUT2D eigenvalue weighted by Crippen LogP contribution is -2.60. The molecule has 1 aliphatic heterocycles. The SMILES string of the molecule is COCC1N(C)C(C)C(C)(C)CC1(C)C. The van der Waals surface area contributed by atoms with Crippen molar-refractivity contribution in [2.24, 2.45) is 10.8 Å². The largest absolute Gasteiger partial charge is 0.383 e. The first-order valence-electron chi connectivity index (χ1n) is 5.93. The molecule has 0 saturated carbocycles. The van der Waals surface area contributed by atoms with Crippen molar-refractivity contribution < 1.29 is 4.74 Å². The van der Waals surface area contributed by atoms with E-state index in [1.165, 1.54) is 6.42 Å². The quantitative estimate of drug-likeness (QED) is 0.699. The zero-order chi connectivity index (χ0) is 11.9. The van der Waals surface area contributed by atoms with E-state index < -0.39 is 0 Å². The maximum Gasteiger partial charge on any atom is 0.0623 e. The molecule has 2 unspecified atom stereocenters. The van der Waals surface area contributed by atoms with Gasteiger partial charge in [0.15, 0.2) is 0 Å². The van der Waals surface area contributed by atoms with Crippen LogP contribution in [0.3, 0.4) is 0 Å². The molecule has 90 valence electrons. The molecule has 15 heavy (non-hydrogen) atoms. The molecule has 2 nitrogen and oxygen atoms in total. The number of likely N-dealkylation sites (tertiary alicyclic amines) is 1. The Balaban J connectivity index is 2.91. The molecule has 0 radical (unpaired) electrons. The number of hydrogen-bond acceptors (Lipinski definition) is 2. The van der Waals surface area contributed by atoms with E-state index in [4.69, 9.17) is 4.74 Å². The average molecular weight is 213 g/mol. The van der Waals surface area contributed by atoms with Crippen LogP contribution in [-0.4, -0.2) is 37.7 Å². The average Bonchev–Trinajstić information content (AvgIpc) is 2.08. The van der Waals surface area contributed by atoms with Gasteiger partial charge in [0.1, 0.15) is 0 Å². The van der Waals surface area contributed by atoms with Crippen molar-refractivity contribution >= 4 is 0 Å². The van der Waals surface area contributed by atoms with Gasteiger partial charge in [-0.05, 0) is 31.2 Å². The molecule has 2 atom stereocenters. The van der Waals surface area contributed by atoms with Gasteiger partial charge in [0.2, 0.25) is 0 Å². The smallest absolute Gasteiger partial charge is 0.0623 e. The van der Waals surface area contributed by atoms with Gasteiger partial charge >= 0.3 is 0 Å².